The van der Waals surface area contributed by atoms with Crippen LogP contribution < -0.4 is 10.6 Å². The van der Waals surface area contributed by atoms with Crippen molar-refractivity contribution in [2.45, 2.75) is 78.4 Å². The molecule has 0 aliphatic carbocycles. The summed E-state index contributed by atoms with van der Waals surface area (Å²) in [6.07, 6.45) is 4.80. The molecule has 1 heterocycles. The Labute approximate surface area is 248 Å². The number of aliphatic hydroxyl groups excluding tert-OH is 1. The highest BCUT2D eigenvalue weighted by Crippen LogP contribution is 2.17. The number of aryl methyl sites for hydroxylation is 1. The van der Waals surface area contributed by atoms with Crippen molar-refractivity contribution in [3.8, 4) is 0 Å². The Morgan fingerprint density at radius 1 is 1.00 bits per heavy atom. The number of carbonyl (C=O) groups excluding carboxylic acids is 2. The van der Waals surface area contributed by atoms with Gasteiger partial charge < -0.3 is 20.6 Å². The third-order valence-electron chi connectivity index (χ3n) is 7.28. The zero-order chi connectivity index (χ0) is 30.6. The Morgan fingerprint density at radius 2 is 1.67 bits per heavy atom. The van der Waals surface area contributed by atoms with Crippen molar-refractivity contribution in [3.05, 3.63) is 81.9 Å². The van der Waals surface area contributed by atoms with E-state index in [4.69, 9.17) is 0 Å². The van der Waals surface area contributed by atoms with E-state index >= 15 is 0 Å². The third kappa shape index (κ3) is 9.76. The molecule has 0 radical (unpaired) electrons. The summed E-state index contributed by atoms with van der Waals surface area (Å²) in [5, 5.41) is 17.3. The van der Waals surface area contributed by atoms with Gasteiger partial charge in [0.1, 0.15) is 17.5 Å². The second-order valence-corrected chi connectivity index (χ2v) is 10.9. The van der Waals surface area contributed by atoms with Gasteiger partial charge >= 0.3 is 0 Å². The lowest BCUT2D eigenvalue weighted by molar-refractivity contribution is 0.0755. The molecule has 0 spiro atoms. The minimum Gasteiger partial charge on any atom is -0.391 e. The molecule has 0 saturated carbocycles. The van der Waals surface area contributed by atoms with Crippen LogP contribution in [0.1, 0.15) is 84.7 Å². The average Bonchev–Trinajstić information content (AvgIpc) is 2.95. The fraction of sp³-hybridized carbons (Fsp3) is 0.485. The molecule has 2 aromatic rings. The number of halogens is 2. The number of dihydropyridines is 1. The van der Waals surface area contributed by atoms with Crippen LogP contribution in [0, 0.1) is 18.6 Å². The number of hydrogen-bond donors (Lipinski definition) is 3. The van der Waals surface area contributed by atoms with Crippen molar-refractivity contribution in [2.75, 3.05) is 26.2 Å². The Morgan fingerprint density at radius 3 is 2.31 bits per heavy atom. The van der Waals surface area contributed by atoms with E-state index in [1.807, 2.05) is 26.8 Å². The Kier molecular flexibility index (Phi) is 12.7. The summed E-state index contributed by atoms with van der Waals surface area (Å²) in [7, 11) is 0. The topological polar surface area (TPSA) is 94.0 Å². The van der Waals surface area contributed by atoms with Crippen molar-refractivity contribution < 1.29 is 23.5 Å². The normalized spacial score (nSPS) is 14.5. The molecule has 2 amide bonds. The molecule has 0 bridgehead atoms. The second kappa shape index (κ2) is 16.2. The van der Waals surface area contributed by atoms with Crippen LogP contribution >= 0.6 is 0 Å². The number of carbonyl (C=O) groups is 2. The molecule has 3 rings (SSSR count). The lowest BCUT2D eigenvalue weighted by atomic mass is 9.97. The zero-order valence-electron chi connectivity index (χ0n) is 25.2. The third-order valence-corrected chi connectivity index (χ3v) is 7.28. The molecule has 2 aromatic carbocycles. The van der Waals surface area contributed by atoms with Crippen LogP contribution in [0.15, 0.2) is 53.0 Å². The Bertz CT molecular complexity index is 1270. The summed E-state index contributed by atoms with van der Waals surface area (Å²) < 4.78 is 27.9. The monoisotopic (exact) mass is 582 g/mol. The molecule has 1 aliphatic heterocycles. The van der Waals surface area contributed by atoms with Gasteiger partial charge in [0.25, 0.3) is 11.8 Å². The minimum absolute atomic E-state index is 0.0147. The van der Waals surface area contributed by atoms with Crippen molar-refractivity contribution in [1.82, 2.24) is 15.5 Å². The van der Waals surface area contributed by atoms with Gasteiger partial charge in [-0.15, -0.1) is 0 Å². The lowest BCUT2D eigenvalue weighted by Gasteiger charge is -2.26. The van der Waals surface area contributed by atoms with Crippen LogP contribution in [-0.2, 0) is 6.42 Å². The van der Waals surface area contributed by atoms with Crippen LogP contribution in [0.3, 0.4) is 0 Å². The second-order valence-electron chi connectivity index (χ2n) is 10.9. The smallest absolute Gasteiger partial charge is 0.253 e. The number of rotatable bonds is 14. The summed E-state index contributed by atoms with van der Waals surface area (Å²) in [5.74, 6) is -1.32. The van der Waals surface area contributed by atoms with E-state index < -0.39 is 29.7 Å². The molecular formula is C33H44F2N4O3. The van der Waals surface area contributed by atoms with Gasteiger partial charge in [0.05, 0.1) is 12.1 Å². The average molecular weight is 583 g/mol. The van der Waals surface area contributed by atoms with Gasteiger partial charge in [0, 0.05) is 43.4 Å². The Balaban J connectivity index is 1.79. The highest BCUT2D eigenvalue weighted by atomic mass is 19.1. The maximum absolute atomic E-state index is 14.0. The fourth-order valence-corrected chi connectivity index (χ4v) is 5.16. The molecular weight excluding hydrogens is 538 g/mol. The van der Waals surface area contributed by atoms with Crippen LogP contribution in [0.4, 0.5) is 8.78 Å². The first-order valence-corrected chi connectivity index (χ1v) is 15.0. The number of nitrogens with one attached hydrogen (secondary N) is 2. The number of hydrogen-bond acceptors (Lipinski definition) is 5. The highest BCUT2D eigenvalue weighted by Gasteiger charge is 2.24. The van der Waals surface area contributed by atoms with E-state index in [0.717, 1.165) is 43.1 Å². The molecule has 3 N–H and O–H groups in total. The van der Waals surface area contributed by atoms with Gasteiger partial charge in [-0.25, -0.2) is 8.78 Å². The molecule has 0 unspecified atom stereocenters. The van der Waals surface area contributed by atoms with Crippen LogP contribution in [-0.4, -0.2) is 66.0 Å². The summed E-state index contributed by atoms with van der Waals surface area (Å²) in [6.45, 7) is 10.3. The van der Waals surface area contributed by atoms with E-state index in [9.17, 15) is 23.5 Å². The summed E-state index contributed by atoms with van der Waals surface area (Å²) in [5.41, 5.74) is 3.06. The molecule has 2 atom stereocenters. The predicted molar refractivity (Wildman–Crippen MR) is 163 cm³/mol. The maximum Gasteiger partial charge on any atom is 0.253 e. The molecule has 228 valence electrons. The standard InChI is InChI=1S/C33H44F2N4O3/c1-5-12-39(13-6-2)33(42)26-15-22(4)14-25(20-26)32(41)38-29(18-24-16-27(34)21-28(35)17-24)30(40)9-11-37-31-19-23(7-3)8-10-36-31/h14-17,19-21,29-30,40H,5-13,18H2,1-4H3,(H,36,37)(H,38,41)/t29-,30+/m0/s1. The first-order chi connectivity index (χ1) is 20.1. The molecule has 1 aliphatic rings. The molecule has 42 heavy (non-hydrogen) atoms. The number of nitrogens with zero attached hydrogens (tertiary/aromatic N) is 2. The highest BCUT2D eigenvalue weighted by molar-refractivity contribution is 6.00. The summed E-state index contributed by atoms with van der Waals surface area (Å²) in [4.78, 5) is 33.0. The summed E-state index contributed by atoms with van der Waals surface area (Å²) in [6, 6.07) is 7.34. The quantitative estimate of drug-likeness (QED) is 0.280. The van der Waals surface area contributed by atoms with Gasteiger partial charge in [-0.3, -0.25) is 14.6 Å². The van der Waals surface area contributed by atoms with Gasteiger partial charge in [0.2, 0.25) is 0 Å². The molecule has 7 nitrogen and oxygen atoms in total. The number of amides is 2. The minimum atomic E-state index is -1.03. The largest absolute Gasteiger partial charge is 0.391 e. The summed E-state index contributed by atoms with van der Waals surface area (Å²) >= 11 is 0. The van der Waals surface area contributed by atoms with E-state index in [0.29, 0.717) is 37.3 Å². The van der Waals surface area contributed by atoms with Crippen LogP contribution in [0.25, 0.3) is 0 Å². The number of aliphatic hydroxyl groups is 1. The van der Waals surface area contributed by atoms with Crippen molar-refractivity contribution in [3.63, 3.8) is 0 Å². The lowest BCUT2D eigenvalue weighted by Crippen LogP contribution is -2.46. The predicted octanol–water partition coefficient (Wildman–Crippen LogP) is 5.36. The van der Waals surface area contributed by atoms with Crippen molar-refractivity contribution >= 4 is 17.6 Å². The van der Waals surface area contributed by atoms with E-state index in [2.05, 4.69) is 22.5 Å². The van der Waals surface area contributed by atoms with E-state index in [1.54, 1.807) is 23.1 Å². The first kappa shape index (κ1) is 32.9. The molecule has 0 aromatic heterocycles. The van der Waals surface area contributed by atoms with Crippen molar-refractivity contribution in [2.24, 2.45) is 4.99 Å². The number of aliphatic imine (C=N–C) groups is 1. The van der Waals surface area contributed by atoms with Crippen LogP contribution in [0.2, 0.25) is 0 Å². The number of benzene rings is 2. The zero-order valence-corrected chi connectivity index (χ0v) is 25.2. The van der Waals surface area contributed by atoms with Gasteiger partial charge in [0.15, 0.2) is 0 Å². The van der Waals surface area contributed by atoms with E-state index in [-0.39, 0.29) is 24.3 Å². The van der Waals surface area contributed by atoms with E-state index in [1.165, 1.54) is 17.7 Å². The number of amidine groups is 1. The SMILES string of the molecule is CCCN(CCC)C(=O)c1cc(C)cc(C(=O)N[C@@H](Cc2cc(F)cc(F)c2)[C@H](O)CCNC2=NCCC(CC)=C2)c1. The maximum atomic E-state index is 14.0. The van der Waals surface area contributed by atoms with Gasteiger partial charge in [-0.1, -0.05) is 26.3 Å². The molecule has 0 fully saturated rings. The Hall–Kier alpha value is -3.59. The fourth-order valence-electron chi connectivity index (χ4n) is 5.16. The molecule has 0 saturated heterocycles. The van der Waals surface area contributed by atoms with Gasteiger partial charge in [-0.2, -0.15) is 0 Å². The van der Waals surface area contributed by atoms with Crippen molar-refractivity contribution in [1.29, 1.82) is 0 Å². The molecule has 9 heteroatoms. The van der Waals surface area contributed by atoms with Crippen LogP contribution in [0.5, 0.6) is 0 Å². The first-order valence-electron chi connectivity index (χ1n) is 15.0. The van der Waals surface area contributed by atoms with Gasteiger partial charge in [-0.05, 0) is 93.0 Å².